The molecule has 0 unspecified atom stereocenters. The van der Waals surface area contributed by atoms with Gasteiger partial charge in [-0.05, 0) is 122 Å². The van der Waals surface area contributed by atoms with Crippen molar-refractivity contribution in [3.63, 3.8) is 0 Å². The second-order valence-corrected chi connectivity index (χ2v) is 15.9. The summed E-state index contributed by atoms with van der Waals surface area (Å²) in [7, 11) is -1.29. The van der Waals surface area contributed by atoms with Gasteiger partial charge in [-0.2, -0.15) is 0 Å². The summed E-state index contributed by atoms with van der Waals surface area (Å²) in [6, 6.07) is 0. The second-order valence-electron chi connectivity index (χ2n) is 12.2. The van der Waals surface area contributed by atoms with Crippen LogP contribution in [0.15, 0.2) is 23.3 Å². The summed E-state index contributed by atoms with van der Waals surface area (Å²) < 4.78 is 0. The molecule has 0 aliphatic heterocycles. The fourth-order valence-corrected chi connectivity index (χ4v) is 10.6. The molecule has 4 bridgehead atoms. The van der Waals surface area contributed by atoms with Gasteiger partial charge in [0.05, 0.1) is 0 Å². The summed E-state index contributed by atoms with van der Waals surface area (Å²) in [5.74, 6) is 3.07. The lowest BCUT2D eigenvalue weighted by Crippen LogP contribution is -2.57. The van der Waals surface area contributed by atoms with Crippen molar-refractivity contribution in [1.82, 2.24) is 5.09 Å². The molecular formula is C24H38NP. The summed E-state index contributed by atoms with van der Waals surface area (Å²) >= 11 is 0. The van der Waals surface area contributed by atoms with E-state index in [4.69, 9.17) is 0 Å². The van der Waals surface area contributed by atoms with E-state index in [0.29, 0.717) is 16.4 Å². The zero-order valence-electron chi connectivity index (χ0n) is 17.8. The Morgan fingerprint density at radius 2 is 1.23 bits per heavy atom. The maximum atomic E-state index is 4.37. The first-order valence-corrected chi connectivity index (χ1v) is 13.6. The zero-order chi connectivity index (χ0) is 18.5. The Hall–Kier alpha value is -0.260. The van der Waals surface area contributed by atoms with E-state index in [1.54, 1.807) is 16.4 Å². The third-order valence-corrected chi connectivity index (χ3v) is 11.0. The van der Waals surface area contributed by atoms with Crippen LogP contribution in [0, 0.1) is 28.6 Å². The number of hydrogen-bond acceptors (Lipinski definition) is 1. The maximum Gasteiger partial charge on any atom is 0.0225 e. The molecule has 1 nitrogen and oxygen atoms in total. The predicted octanol–water partition coefficient (Wildman–Crippen LogP) is 6.23. The molecule has 0 atom stereocenters. The van der Waals surface area contributed by atoms with Crippen LogP contribution in [0.4, 0.5) is 0 Å². The summed E-state index contributed by atoms with van der Waals surface area (Å²) in [4.78, 5) is 0. The highest BCUT2D eigenvalue weighted by atomic mass is 31.2. The normalized spacial score (nSPS) is 42.1. The van der Waals surface area contributed by atoms with Gasteiger partial charge >= 0.3 is 0 Å². The third kappa shape index (κ3) is 2.60. The smallest absolute Gasteiger partial charge is 0.0225 e. The van der Waals surface area contributed by atoms with Crippen molar-refractivity contribution < 1.29 is 0 Å². The molecule has 2 heteroatoms. The first-order chi connectivity index (χ1) is 12.0. The summed E-state index contributed by atoms with van der Waals surface area (Å²) in [6.45, 7) is 14.9. The van der Waals surface area contributed by atoms with E-state index >= 15 is 0 Å². The van der Waals surface area contributed by atoms with Crippen LogP contribution in [0.25, 0.3) is 0 Å². The highest BCUT2D eigenvalue weighted by molar-refractivity contribution is 7.73. The predicted molar refractivity (Wildman–Crippen MR) is 116 cm³/mol. The van der Waals surface area contributed by atoms with Crippen molar-refractivity contribution in [3.05, 3.63) is 23.3 Å². The van der Waals surface area contributed by atoms with Crippen LogP contribution in [0.1, 0.15) is 72.6 Å². The zero-order valence-corrected chi connectivity index (χ0v) is 18.7. The molecule has 0 heterocycles. The molecule has 0 radical (unpaired) electrons. The van der Waals surface area contributed by atoms with E-state index in [1.807, 2.05) is 0 Å². The Morgan fingerprint density at radius 1 is 0.808 bits per heavy atom. The minimum absolute atomic E-state index is 0.331. The fraction of sp³-hybridized carbons (Fsp3) is 0.792. The molecule has 0 aromatic heterocycles. The Bertz CT molecular complexity index is 703. The summed E-state index contributed by atoms with van der Waals surface area (Å²) in [5.41, 5.74) is 4.41. The quantitative estimate of drug-likeness (QED) is 0.567. The summed E-state index contributed by atoms with van der Waals surface area (Å²) in [5, 5.41) is 6.01. The monoisotopic (exact) mass is 371 g/mol. The number of rotatable bonds is 2. The number of allylic oxidation sites excluding steroid dienone is 4. The molecule has 0 aromatic rings. The van der Waals surface area contributed by atoms with Crippen molar-refractivity contribution in [2.75, 3.05) is 13.3 Å². The van der Waals surface area contributed by atoms with Gasteiger partial charge in [0.25, 0.3) is 0 Å². The average molecular weight is 372 g/mol. The number of hydrogen-bond donors (Lipinski definition) is 1. The van der Waals surface area contributed by atoms with Gasteiger partial charge < -0.3 is 0 Å². The minimum Gasteiger partial charge on any atom is -0.291 e. The van der Waals surface area contributed by atoms with E-state index in [0.717, 1.165) is 17.8 Å². The van der Waals surface area contributed by atoms with E-state index < -0.39 is 7.04 Å². The van der Waals surface area contributed by atoms with Crippen LogP contribution in [0.5, 0.6) is 0 Å². The topological polar surface area (TPSA) is 12.0 Å². The SMILES string of the molecule is CC1(C)CC(C)(C)C2=CC(=P(C)(C)NC34CC5CC(CC(C5)C3)C4)C=C21. The molecule has 0 saturated heterocycles. The van der Waals surface area contributed by atoms with Gasteiger partial charge in [-0.15, -0.1) is 0 Å². The number of nitrogens with one attached hydrogen (secondary N) is 1. The lowest BCUT2D eigenvalue weighted by atomic mass is 9.53. The molecular weight excluding hydrogens is 333 g/mol. The Balaban J connectivity index is 1.51. The van der Waals surface area contributed by atoms with E-state index in [1.165, 1.54) is 44.9 Å². The van der Waals surface area contributed by atoms with Gasteiger partial charge in [-0.1, -0.05) is 27.7 Å². The average Bonchev–Trinajstić information content (AvgIpc) is 2.96. The first-order valence-electron chi connectivity index (χ1n) is 10.9. The molecule has 0 spiro atoms. The lowest BCUT2D eigenvalue weighted by Gasteiger charge is -2.58. The third-order valence-electron chi connectivity index (χ3n) is 8.42. The fourth-order valence-electron chi connectivity index (χ4n) is 8.14. The largest absolute Gasteiger partial charge is 0.291 e. The van der Waals surface area contributed by atoms with Crippen LogP contribution in [-0.4, -0.2) is 24.2 Å². The maximum absolute atomic E-state index is 4.37. The van der Waals surface area contributed by atoms with Crippen LogP contribution >= 0.6 is 7.04 Å². The summed E-state index contributed by atoms with van der Waals surface area (Å²) in [6.07, 6.45) is 15.5. The van der Waals surface area contributed by atoms with Crippen molar-refractivity contribution in [1.29, 1.82) is 0 Å². The molecule has 6 aliphatic carbocycles. The highest BCUT2D eigenvalue weighted by Crippen LogP contribution is 2.61. The molecule has 0 aromatic carbocycles. The van der Waals surface area contributed by atoms with Crippen molar-refractivity contribution >= 4 is 12.3 Å². The van der Waals surface area contributed by atoms with Gasteiger partial charge in [-0.3, -0.25) is 5.09 Å². The van der Waals surface area contributed by atoms with E-state index in [-0.39, 0.29) is 0 Å². The van der Waals surface area contributed by atoms with Gasteiger partial charge in [-0.25, -0.2) is 0 Å². The minimum atomic E-state index is -1.29. The molecule has 6 aliphatic rings. The highest BCUT2D eigenvalue weighted by Gasteiger charge is 2.52. The Labute approximate surface area is 161 Å². The number of fused-ring (bicyclic) bond motifs is 1. The Morgan fingerprint density at radius 3 is 1.65 bits per heavy atom. The van der Waals surface area contributed by atoms with Gasteiger partial charge in [0.1, 0.15) is 0 Å². The van der Waals surface area contributed by atoms with Crippen molar-refractivity contribution in [3.8, 4) is 0 Å². The molecule has 144 valence electrons. The molecule has 0 amide bonds. The Kier molecular flexibility index (Phi) is 3.57. The van der Waals surface area contributed by atoms with Crippen LogP contribution in [0.2, 0.25) is 0 Å². The van der Waals surface area contributed by atoms with Crippen LogP contribution in [0.3, 0.4) is 0 Å². The van der Waals surface area contributed by atoms with Crippen molar-refractivity contribution in [2.24, 2.45) is 28.6 Å². The molecule has 6 rings (SSSR count). The molecule has 26 heavy (non-hydrogen) atoms. The van der Waals surface area contributed by atoms with Gasteiger partial charge in [0.2, 0.25) is 0 Å². The van der Waals surface area contributed by atoms with Crippen molar-refractivity contribution in [2.45, 2.75) is 78.2 Å². The first kappa shape index (κ1) is 17.8. The standard InChI is InChI=1S/C24H38NP/c1-22(2)15-23(3,4)21-11-19(10-20(21)22)26(5,6)25-24-12-16-7-17(13-24)9-18(8-16)14-24/h10-11,16-18,25H,7-9,12-15H2,1-6H3. The van der Waals surface area contributed by atoms with Crippen LogP contribution < -0.4 is 5.09 Å². The molecule has 5 fully saturated rings. The van der Waals surface area contributed by atoms with E-state index in [9.17, 15) is 0 Å². The van der Waals surface area contributed by atoms with Gasteiger partial charge in [0.15, 0.2) is 0 Å². The van der Waals surface area contributed by atoms with E-state index in [2.05, 4.69) is 58.3 Å². The molecule has 5 saturated carbocycles. The van der Waals surface area contributed by atoms with Gasteiger partial charge in [0, 0.05) is 5.54 Å². The lowest BCUT2D eigenvalue weighted by molar-refractivity contribution is -0.00768. The molecule has 1 N–H and O–H groups in total. The van der Waals surface area contributed by atoms with Crippen LogP contribution in [-0.2, 0) is 0 Å². The second kappa shape index (κ2) is 5.21.